The Balaban J connectivity index is 0.667. The maximum atomic E-state index is 17.2. The lowest BCUT2D eigenvalue weighted by atomic mass is 9.57. The van der Waals surface area contributed by atoms with Crippen LogP contribution in [-0.4, -0.2) is 134 Å². The number of pyridine rings is 1. The number of phenols is 1. The molecule has 3 aromatic carbocycles. The van der Waals surface area contributed by atoms with Gasteiger partial charge in [0.05, 0.1) is 29.3 Å². The second-order valence-corrected chi connectivity index (χ2v) is 22.4. The van der Waals surface area contributed by atoms with E-state index >= 15 is 8.78 Å². The van der Waals surface area contributed by atoms with Crippen molar-refractivity contribution in [1.29, 1.82) is 0 Å². The van der Waals surface area contributed by atoms with Gasteiger partial charge in [-0.25, -0.2) is 8.78 Å². The predicted molar refractivity (Wildman–Crippen MR) is 271 cm³/mol. The molecular weight excluding hydrogens is 919 g/mol. The van der Waals surface area contributed by atoms with Crippen LogP contribution in [0, 0.1) is 28.4 Å². The number of piperazine rings is 1. The van der Waals surface area contributed by atoms with Gasteiger partial charge in [-0.05, 0) is 148 Å². The van der Waals surface area contributed by atoms with E-state index in [4.69, 9.17) is 14.7 Å². The van der Waals surface area contributed by atoms with E-state index in [0.29, 0.717) is 78.3 Å². The van der Waals surface area contributed by atoms with E-state index in [0.717, 1.165) is 88.4 Å². The van der Waals surface area contributed by atoms with Crippen molar-refractivity contribution in [2.24, 2.45) is 16.7 Å². The Hall–Kier alpha value is -6.04. The number of benzene rings is 3. The molecule has 15 nitrogen and oxygen atoms in total. The molecule has 2 saturated carbocycles. The molecule has 72 heavy (non-hydrogen) atoms. The van der Waals surface area contributed by atoms with Crippen LogP contribution in [0.2, 0.25) is 0 Å². The number of anilines is 2. The van der Waals surface area contributed by atoms with E-state index in [2.05, 4.69) is 48.3 Å². The van der Waals surface area contributed by atoms with Crippen LogP contribution >= 0.6 is 0 Å². The molecule has 0 bridgehead atoms. The number of likely N-dealkylation sites (tertiary alicyclic amines) is 1. The molecule has 2 amide bonds. The normalized spacial score (nSPS) is 23.8. The first kappa shape index (κ1) is 47.0. The Bertz CT molecular complexity index is 3100. The highest BCUT2D eigenvalue weighted by molar-refractivity contribution is 6.02. The minimum Gasteiger partial charge on any atom is -0.508 e. The number of carbonyl (C=O) groups is 2. The molecule has 3 aromatic heterocycles. The summed E-state index contributed by atoms with van der Waals surface area (Å²) in [6, 6.07) is 11.9. The van der Waals surface area contributed by atoms with Gasteiger partial charge in [-0.2, -0.15) is 15.1 Å². The molecule has 6 aliphatic rings. The number of aryl methyl sites for hydroxylation is 1. The van der Waals surface area contributed by atoms with Gasteiger partial charge in [-0.1, -0.05) is 13.0 Å². The van der Waals surface area contributed by atoms with E-state index in [9.17, 15) is 19.8 Å². The molecule has 1 unspecified atom stereocenters. The molecule has 6 fully saturated rings. The van der Waals surface area contributed by atoms with E-state index < -0.39 is 23.3 Å². The number of ether oxygens (including phenoxy) is 1. The van der Waals surface area contributed by atoms with Crippen LogP contribution in [0.5, 0.6) is 11.8 Å². The van der Waals surface area contributed by atoms with Gasteiger partial charge in [0.2, 0.25) is 5.91 Å². The Morgan fingerprint density at radius 2 is 1.68 bits per heavy atom. The van der Waals surface area contributed by atoms with E-state index in [1.807, 2.05) is 18.0 Å². The van der Waals surface area contributed by atoms with Crippen molar-refractivity contribution >= 4 is 55.9 Å². The summed E-state index contributed by atoms with van der Waals surface area (Å²) in [5.41, 5.74) is 2.21. The topological polar surface area (TPSA) is 165 Å². The zero-order valence-corrected chi connectivity index (χ0v) is 41.3. The standard InChI is InChI=1S/C55H64F2N10O5/c1-3-39-42(56)7-5-35-24-38(68)25-40(46(35)39)48-47(57)49-41(29-58-48)50(66-16-4-11-53(2,71)31-66)62-52(61-49)72-33-55(12-13-55)32-64-17-14-54(15-18-64)26-34(27-54)30-63-19-21-65(22-20-63)37-6-8-43-36(23-37)28-59-67(43)44-9-10-45(69)60-51(44)70/h5-8,23-25,28-29,34,44,68,71H,3-4,9-22,26-27,30-33H2,1-2H3,(H,60,69,70)/t44?,53-/m1/s1. The quantitative estimate of drug-likeness (QED) is 0.103. The van der Waals surface area contributed by atoms with Crippen LogP contribution in [-0.2, 0) is 16.0 Å². The Labute approximate surface area is 417 Å². The molecule has 2 aliphatic carbocycles. The highest BCUT2D eigenvalue weighted by Crippen LogP contribution is 2.54. The van der Waals surface area contributed by atoms with E-state index in [1.165, 1.54) is 43.5 Å². The van der Waals surface area contributed by atoms with Crippen LogP contribution in [0.3, 0.4) is 0 Å². The molecule has 12 rings (SSSR count). The predicted octanol–water partition coefficient (Wildman–Crippen LogP) is 7.54. The summed E-state index contributed by atoms with van der Waals surface area (Å²) in [6.45, 7) is 13.2. The van der Waals surface area contributed by atoms with Gasteiger partial charge in [0.15, 0.2) is 5.82 Å². The molecule has 3 N–H and O–H groups in total. The second kappa shape index (κ2) is 18.2. The van der Waals surface area contributed by atoms with Crippen molar-refractivity contribution in [3.63, 3.8) is 0 Å². The van der Waals surface area contributed by atoms with Gasteiger partial charge in [-0.15, -0.1) is 0 Å². The number of hydrogen-bond donors (Lipinski definition) is 3. The van der Waals surface area contributed by atoms with Gasteiger partial charge in [0, 0.05) is 87.0 Å². The van der Waals surface area contributed by atoms with Crippen LogP contribution in [0.15, 0.2) is 54.9 Å². The number of aliphatic hydroxyl groups is 1. The molecule has 2 atom stereocenters. The third kappa shape index (κ3) is 8.88. The fourth-order valence-electron chi connectivity index (χ4n) is 13.0. The second-order valence-electron chi connectivity index (χ2n) is 22.4. The molecular formula is C55H64F2N10O5. The van der Waals surface area contributed by atoms with Gasteiger partial charge >= 0.3 is 6.01 Å². The zero-order chi connectivity index (χ0) is 49.5. The summed E-state index contributed by atoms with van der Waals surface area (Å²) in [5, 5.41) is 31.3. The van der Waals surface area contributed by atoms with Crippen molar-refractivity contribution < 1.29 is 33.3 Å². The number of rotatable bonds is 12. The summed E-state index contributed by atoms with van der Waals surface area (Å²) < 4.78 is 40.6. The molecule has 378 valence electrons. The van der Waals surface area contributed by atoms with E-state index in [1.54, 1.807) is 29.9 Å². The lowest BCUT2D eigenvalue weighted by Crippen LogP contribution is -2.53. The van der Waals surface area contributed by atoms with Crippen molar-refractivity contribution in [2.45, 2.75) is 96.1 Å². The lowest BCUT2D eigenvalue weighted by Gasteiger charge is -2.54. The highest BCUT2D eigenvalue weighted by Gasteiger charge is 2.49. The molecule has 0 radical (unpaired) electrons. The molecule has 4 saturated heterocycles. The average Bonchev–Trinajstić information content (AvgIpc) is 4.00. The number of imide groups is 1. The van der Waals surface area contributed by atoms with Gasteiger partial charge < -0.3 is 29.6 Å². The van der Waals surface area contributed by atoms with Crippen LogP contribution in [0.1, 0.15) is 89.7 Å². The highest BCUT2D eigenvalue weighted by atomic mass is 19.1. The summed E-state index contributed by atoms with van der Waals surface area (Å²) in [5.74, 6) is -0.523. The third-order valence-electron chi connectivity index (χ3n) is 17.1. The number of nitrogens with one attached hydrogen (secondary N) is 1. The molecule has 4 aliphatic heterocycles. The number of hydrogen-bond acceptors (Lipinski definition) is 13. The molecule has 17 heteroatoms. The van der Waals surface area contributed by atoms with Crippen molar-refractivity contribution in [3.05, 3.63) is 72.1 Å². The largest absolute Gasteiger partial charge is 0.508 e. The van der Waals surface area contributed by atoms with Crippen LogP contribution < -0.4 is 19.9 Å². The SMILES string of the molecule is CCc1c(F)ccc2cc(O)cc(-c3ncc4c(N5CCC[C@@](C)(O)C5)nc(OCC5(CN6CCC7(CC6)CC(CN6CCN(c8ccc9c(cnn9C9CCC(=O)NC9=O)c8)CC6)C7)CC5)nc4c3F)c12. The number of piperidine rings is 3. The van der Waals surface area contributed by atoms with Crippen molar-refractivity contribution in [2.75, 3.05) is 81.9 Å². The van der Waals surface area contributed by atoms with Gasteiger partial charge in [0.1, 0.15) is 34.6 Å². The Morgan fingerprint density at radius 1 is 0.875 bits per heavy atom. The van der Waals surface area contributed by atoms with E-state index in [-0.39, 0.29) is 45.8 Å². The van der Waals surface area contributed by atoms with Crippen LogP contribution in [0.25, 0.3) is 43.8 Å². The number of β-amino-alcohol motifs (C(OH)–C–C–N with tert-alkyl or cyclic N) is 1. The first-order valence-electron chi connectivity index (χ1n) is 26.2. The first-order valence-corrected chi connectivity index (χ1v) is 26.2. The minimum atomic E-state index is -0.957. The number of fused-ring (bicyclic) bond motifs is 3. The van der Waals surface area contributed by atoms with Crippen molar-refractivity contribution in [3.8, 4) is 23.0 Å². The summed E-state index contributed by atoms with van der Waals surface area (Å²) in [6.07, 6.45) is 13.0. The number of amides is 2. The lowest BCUT2D eigenvalue weighted by molar-refractivity contribution is -0.135. The number of phenolic OH excluding ortho intramolecular Hbond substituents is 1. The monoisotopic (exact) mass is 983 g/mol. The molecule has 7 heterocycles. The van der Waals surface area contributed by atoms with Crippen LogP contribution in [0.4, 0.5) is 20.3 Å². The summed E-state index contributed by atoms with van der Waals surface area (Å²) in [4.78, 5) is 48.1. The molecule has 6 aromatic rings. The number of aromatic nitrogens is 5. The minimum absolute atomic E-state index is 0.0250. The maximum Gasteiger partial charge on any atom is 0.319 e. The van der Waals surface area contributed by atoms with Gasteiger partial charge in [0.25, 0.3) is 5.91 Å². The Kier molecular flexibility index (Phi) is 11.9. The maximum absolute atomic E-state index is 17.2. The summed E-state index contributed by atoms with van der Waals surface area (Å²) >= 11 is 0. The Morgan fingerprint density at radius 3 is 2.43 bits per heavy atom. The number of carbonyl (C=O) groups excluding carboxylic acids is 2. The zero-order valence-electron chi connectivity index (χ0n) is 41.3. The smallest absolute Gasteiger partial charge is 0.319 e. The first-order chi connectivity index (χ1) is 34.7. The number of nitrogens with zero attached hydrogens (tertiary/aromatic N) is 9. The molecule has 1 spiro atoms. The number of halogens is 2. The average molecular weight is 983 g/mol. The fourth-order valence-corrected chi connectivity index (χ4v) is 13.0. The third-order valence-corrected chi connectivity index (χ3v) is 17.1. The summed E-state index contributed by atoms with van der Waals surface area (Å²) in [7, 11) is 0. The van der Waals surface area contributed by atoms with Gasteiger partial charge in [-0.3, -0.25) is 29.5 Å². The fraction of sp³-hybridized carbons (Fsp3) is 0.527. The van der Waals surface area contributed by atoms with Crippen molar-refractivity contribution in [1.82, 2.24) is 39.8 Å². The number of aromatic hydroxyl groups is 1.